The number of piperidine rings is 1. The topological polar surface area (TPSA) is 32.3 Å². The zero-order valence-electron chi connectivity index (χ0n) is 10.2. The molecule has 1 aromatic rings. The molecule has 5 heteroatoms. The van der Waals surface area contributed by atoms with E-state index in [9.17, 15) is 4.79 Å². The number of rotatable bonds is 2. The molecular weight excluding hydrogens is 363 g/mol. The molecule has 1 heterocycles. The van der Waals surface area contributed by atoms with E-state index in [0.29, 0.717) is 6.04 Å². The first kappa shape index (κ1) is 13.9. The molecule has 1 amide bonds. The fraction of sp³-hybridized carbons (Fsp3) is 0.462. The molecule has 1 saturated heterocycles. The van der Waals surface area contributed by atoms with Crippen LogP contribution >= 0.6 is 34.2 Å². The lowest BCUT2D eigenvalue weighted by molar-refractivity contribution is -0.129. The monoisotopic (exact) mass is 378 g/mol. The number of hydrogen-bond donors (Lipinski definition) is 1. The molecule has 1 aliphatic rings. The van der Waals surface area contributed by atoms with Crippen LogP contribution in [0.1, 0.15) is 19.8 Å². The van der Waals surface area contributed by atoms with E-state index in [1.165, 1.54) is 0 Å². The van der Waals surface area contributed by atoms with E-state index in [2.05, 4.69) is 27.9 Å². The minimum Gasteiger partial charge on any atom is -0.381 e. The Morgan fingerprint density at radius 2 is 2.11 bits per heavy atom. The second-order valence-electron chi connectivity index (χ2n) is 4.55. The van der Waals surface area contributed by atoms with Crippen LogP contribution in [-0.4, -0.2) is 29.9 Å². The molecule has 98 valence electrons. The van der Waals surface area contributed by atoms with Crippen molar-refractivity contribution in [3.05, 3.63) is 26.8 Å². The second-order valence-corrected chi connectivity index (χ2v) is 6.15. The molecular formula is C13H16ClIN2O. The summed E-state index contributed by atoms with van der Waals surface area (Å²) in [4.78, 5) is 13.2. The van der Waals surface area contributed by atoms with Gasteiger partial charge < -0.3 is 10.2 Å². The van der Waals surface area contributed by atoms with Gasteiger partial charge in [-0.3, -0.25) is 4.79 Å². The van der Waals surface area contributed by atoms with Crippen LogP contribution in [0.2, 0.25) is 5.02 Å². The summed E-state index contributed by atoms with van der Waals surface area (Å²) in [5.74, 6) is 0.175. The largest absolute Gasteiger partial charge is 0.381 e. The number of carbonyl (C=O) groups is 1. The summed E-state index contributed by atoms with van der Waals surface area (Å²) in [5.41, 5.74) is 1.13. The maximum Gasteiger partial charge on any atom is 0.219 e. The van der Waals surface area contributed by atoms with E-state index in [1.807, 2.05) is 23.1 Å². The van der Waals surface area contributed by atoms with Gasteiger partial charge in [0.25, 0.3) is 0 Å². The summed E-state index contributed by atoms with van der Waals surface area (Å²) < 4.78 is 1.13. The third kappa shape index (κ3) is 3.51. The molecule has 0 atom stereocenters. The number of nitrogens with zero attached hydrogens (tertiary/aromatic N) is 1. The van der Waals surface area contributed by atoms with Gasteiger partial charge in [0.05, 0.1) is 0 Å². The van der Waals surface area contributed by atoms with Crippen LogP contribution in [0.15, 0.2) is 18.2 Å². The van der Waals surface area contributed by atoms with E-state index in [-0.39, 0.29) is 5.91 Å². The molecule has 0 spiro atoms. The highest BCUT2D eigenvalue weighted by molar-refractivity contribution is 14.1. The minimum atomic E-state index is 0.175. The summed E-state index contributed by atoms with van der Waals surface area (Å²) in [5, 5.41) is 4.29. The van der Waals surface area contributed by atoms with Crippen molar-refractivity contribution in [1.82, 2.24) is 4.90 Å². The molecule has 3 nitrogen and oxygen atoms in total. The number of hydrogen-bond acceptors (Lipinski definition) is 2. The zero-order chi connectivity index (χ0) is 13.1. The van der Waals surface area contributed by atoms with Crippen molar-refractivity contribution in [3.8, 4) is 0 Å². The van der Waals surface area contributed by atoms with Crippen molar-refractivity contribution in [2.75, 3.05) is 18.4 Å². The average molecular weight is 379 g/mol. The number of likely N-dealkylation sites (tertiary alicyclic amines) is 1. The van der Waals surface area contributed by atoms with E-state index in [4.69, 9.17) is 11.6 Å². The van der Waals surface area contributed by atoms with Crippen molar-refractivity contribution in [2.24, 2.45) is 0 Å². The third-order valence-corrected chi connectivity index (χ3v) is 4.36. The highest BCUT2D eigenvalue weighted by atomic mass is 127. The van der Waals surface area contributed by atoms with E-state index >= 15 is 0 Å². The Morgan fingerprint density at radius 3 is 2.67 bits per heavy atom. The van der Waals surface area contributed by atoms with Crippen molar-refractivity contribution in [2.45, 2.75) is 25.8 Å². The lowest BCUT2D eigenvalue weighted by Crippen LogP contribution is -2.41. The number of amides is 1. The van der Waals surface area contributed by atoms with Gasteiger partial charge in [-0.05, 0) is 53.6 Å². The number of anilines is 1. The van der Waals surface area contributed by atoms with Gasteiger partial charge in [-0.1, -0.05) is 11.6 Å². The van der Waals surface area contributed by atoms with Crippen molar-refractivity contribution in [1.29, 1.82) is 0 Å². The maximum atomic E-state index is 11.2. The Balaban J connectivity index is 1.93. The first-order valence-electron chi connectivity index (χ1n) is 6.03. The Morgan fingerprint density at radius 1 is 1.44 bits per heavy atom. The van der Waals surface area contributed by atoms with Gasteiger partial charge in [0.15, 0.2) is 0 Å². The van der Waals surface area contributed by atoms with Gasteiger partial charge in [-0.2, -0.15) is 0 Å². The van der Waals surface area contributed by atoms with Gasteiger partial charge in [0.2, 0.25) is 5.91 Å². The van der Waals surface area contributed by atoms with Crippen LogP contribution in [0.4, 0.5) is 5.69 Å². The Hall–Kier alpha value is -0.490. The fourth-order valence-corrected chi connectivity index (χ4v) is 3.19. The van der Waals surface area contributed by atoms with Crippen LogP contribution in [0.5, 0.6) is 0 Å². The highest BCUT2D eigenvalue weighted by Crippen LogP contribution is 2.24. The van der Waals surface area contributed by atoms with Crippen molar-refractivity contribution < 1.29 is 4.79 Å². The SMILES string of the molecule is CC(=O)N1CCC(Nc2ccc(Cl)cc2I)CC1. The first-order chi connectivity index (χ1) is 8.56. The summed E-state index contributed by atoms with van der Waals surface area (Å²) >= 11 is 8.22. The smallest absolute Gasteiger partial charge is 0.219 e. The van der Waals surface area contributed by atoms with E-state index in [1.54, 1.807) is 6.92 Å². The standard InChI is InChI=1S/C13H16ClIN2O/c1-9(18)17-6-4-11(5-7-17)16-13-3-2-10(14)8-12(13)15/h2-3,8,11,16H,4-7H2,1H3. The van der Waals surface area contributed by atoms with Gasteiger partial charge in [0.1, 0.15) is 0 Å². The van der Waals surface area contributed by atoms with Crippen LogP contribution < -0.4 is 5.32 Å². The zero-order valence-corrected chi connectivity index (χ0v) is 13.2. The lowest BCUT2D eigenvalue weighted by atomic mass is 10.0. The van der Waals surface area contributed by atoms with Crippen LogP contribution in [0.3, 0.4) is 0 Å². The summed E-state index contributed by atoms with van der Waals surface area (Å²) in [7, 11) is 0. The van der Waals surface area contributed by atoms with Gasteiger partial charge in [-0.15, -0.1) is 0 Å². The summed E-state index contributed by atoms with van der Waals surface area (Å²) in [6.07, 6.45) is 2.00. The summed E-state index contributed by atoms with van der Waals surface area (Å²) in [6.45, 7) is 3.32. The predicted molar refractivity (Wildman–Crippen MR) is 83.1 cm³/mol. The molecule has 0 saturated carbocycles. The molecule has 0 radical (unpaired) electrons. The van der Waals surface area contributed by atoms with Crippen LogP contribution in [0.25, 0.3) is 0 Å². The molecule has 1 aliphatic heterocycles. The van der Waals surface area contributed by atoms with Gasteiger partial charge >= 0.3 is 0 Å². The number of halogens is 2. The summed E-state index contributed by atoms with van der Waals surface area (Å²) in [6, 6.07) is 6.31. The van der Waals surface area contributed by atoms with E-state index < -0.39 is 0 Å². The Labute approximate surface area is 126 Å². The molecule has 0 aliphatic carbocycles. The molecule has 1 fully saturated rings. The van der Waals surface area contributed by atoms with Crippen LogP contribution in [-0.2, 0) is 4.79 Å². The average Bonchev–Trinajstić information content (AvgIpc) is 2.33. The number of benzene rings is 1. The Kier molecular flexibility index (Phi) is 4.72. The van der Waals surface area contributed by atoms with Crippen LogP contribution in [0, 0.1) is 3.57 Å². The fourth-order valence-electron chi connectivity index (χ4n) is 2.17. The lowest BCUT2D eigenvalue weighted by Gasteiger charge is -2.32. The number of nitrogens with one attached hydrogen (secondary N) is 1. The molecule has 1 N–H and O–H groups in total. The highest BCUT2D eigenvalue weighted by Gasteiger charge is 2.20. The maximum absolute atomic E-state index is 11.2. The third-order valence-electron chi connectivity index (χ3n) is 3.23. The molecule has 2 rings (SSSR count). The first-order valence-corrected chi connectivity index (χ1v) is 7.49. The molecule has 18 heavy (non-hydrogen) atoms. The molecule has 0 bridgehead atoms. The minimum absolute atomic E-state index is 0.175. The molecule has 1 aromatic carbocycles. The van der Waals surface area contributed by atoms with Crippen molar-refractivity contribution in [3.63, 3.8) is 0 Å². The van der Waals surface area contributed by atoms with Crippen molar-refractivity contribution >= 4 is 45.8 Å². The predicted octanol–water partition coefficient (Wildman–Crippen LogP) is 3.37. The number of carbonyl (C=O) groups excluding carboxylic acids is 1. The molecule has 0 unspecified atom stereocenters. The molecule has 0 aromatic heterocycles. The quantitative estimate of drug-likeness (QED) is 0.800. The van der Waals surface area contributed by atoms with Gasteiger partial charge in [0, 0.05) is 40.3 Å². The normalized spacial score (nSPS) is 16.7. The second kappa shape index (κ2) is 6.10. The Bertz CT molecular complexity index is 445. The van der Waals surface area contributed by atoms with E-state index in [0.717, 1.165) is 40.2 Å². The van der Waals surface area contributed by atoms with Gasteiger partial charge in [-0.25, -0.2) is 0 Å².